The number of hydrogen-bond donors (Lipinski definition) is 0. The molecule has 0 saturated carbocycles. The molecule has 0 amide bonds. The average molecular weight is 387 g/mol. The lowest BCUT2D eigenvalue weighted by atomic mass is 9.97. The Labute approximate surface area is 150 Å². The minimum Gasteiger partial charge on any atom is -0.489 e. The highest BCUT2D eigenvalue weighted by atomic mass is 79.9. The van der Waals surface area contributed by atoms with Crippen LogP contribution in [0.3, 0.4) is 0 Å². The predicted octanol–water partition coefficient (Wildman–Crippen LogP) is 5.14. The molecule has 1 heterocycles. The molecule has 3 nitrogen and oxygen atoms in total. The van der Waals surface area contributed by atoms with Crippen LogP contribution in [0.1, 0.15) is 29.8 Å². The summed E-state index contributed by atoms with van der Waals surface area (Å²) in [6, 6.07) is 13.1. The van der Waals surface area contributed by atoms with E-state index in [-0.39, 0.29) is 11.2 Å². The number of rotatable bonds is 3. The Morgan fingerprint density at radius 1 is 1.04 bits per heavy atom. The SMILES string of the molecule is CC1(C)COc2ccc(C(=O)/C=C/c3ccc(Br)cc3)cc2OC1. The first-order chi connectivity index (χ1) is 11.4. The van der Waals surface area contributed by atoms with Crippen LogP contribution in [0, 0.1) is 5.41 Å². The molecule has 24 heavy (non-hydrogen) atoms. The molecule has 0 atom stereocenters. The first kappa shape index (κ1) is 16.8. The standard InChI is InChI=1S/C20H19BrO3/c1-20(2)12-23-18-10-6-15(11-19(18)24-13-20)17(22)9-5-14-3-7-16(21)8-4-14/h3-11H,12-13H2,1-2H3/b9-5+. The molecule has 0 saturated heterocycles. The molecule has 0 radical (unpaired) electrons. The van der Waals surface area contributed by atoms with Crippen molar-refractivity contribution in [1.29, 1.82) is 0 Å². The Hall–Kier alpha value is -2.07. The summed E-state index contributed by atoms with van der Waals surface area (Å²) in [6.45, 7) is 5.33. The zero-order valence-corrected chi connectivity index (χ0v) is 15.3. The minimum atomic E-state index is -0.0622. The van der Waals surface area contributed by atoms with E-state index in [1.165, 1.54) is 0 Å². The molecule has 0 fully saturated rings. The second-order valence-corrected chi connectivity index (χ2v) is 7.57. The molecule has 0 aromatic heterocycles. The molecule has 0 bridgehead atoms. The number of ketones is 1. The van der Waals surface area contributed by atoms with Crippen molar-refractivity contribution in [2.45, 2.75) is 13.8 Å². The van der Waals surface area contributed by atoms with Crippen molar-refractivity contribution in [2.75, 3.05) is 13.2 Å². The number of allylic oxidation sites excluding steroid dienone is 1. The van der Waals surface area contributed by atoms with Crippen LogP contribution in [0.5, 0.6) is 11.5 Å². The van der Waals surface area contributed by atoms with Gasteiger partial charge in [-0.2, -0.15) is 0 Å². The van der Waals surface area contributed by atoms with E-state index >= 15 is 0 Å². The van der Waals surface area contributed by atoms with Crippen molar-refractivity contribution < 1.29 is 14.3 Å². The van der Waals surface area contributed by atoms with Gasteiger partial charge in [-0.1, -0.05) is 48.0 Å². The third-order valence-corrected chi connectivity index (χ3v) is 4.29. The van der Waals surface area contributed by atoms with Crippen molar-refractivity contribution in [2.24, 2.45) is 5.41 Å². The first-order valence-electron chi connectivity index (χ1n) is 7.81. The van der Waals surface area contributed by atoms with Gasteiger partial charge in [0, 0.05) is 15.5 Å². The van der Waals surface area contributed by atoms with Crippen LogP contribution in [-0.4, -0.2) is 19.0 Å². The topological polar surface area (TPSA) is 35.5 Å². The second kappa shape index (κ2) is 6.81. The Morgan fingerprint density at radius 2 is 1.71 bits per heavy atom. The zero-order valence-electron chi connectivity index (χ0n) is 13.7. The van der Waals surface area contributed by atoms with Crippen LogP contribution < -0.4 is 9.47 Å². The Balaban J connectivity index is 1.77. The van der Waals surface area contributed by atoms with Crippen molar-refractivity contribution >= 4 is 27.8 Å². The summed E-state index contributed by atoms with van der Waals surface area (Å²) < 4.78 is 12.6. The minimum absolute atomic E-state index is 0.0509. The van der Waals surface area contributed by atoms with E-state index in [1.54, 1.807) is 30.4 Å². The molecule has 0 aliphatic carbocycles. The number of hydrogen-bond acceptors (Lipinski definition) is 3. The molecule has 1 aliphatic rings. The summed E-state index contributed by atoms with van der Waals surface area (Å²) >= 11 is 3.39. The number of fused-ring (bicyclic) bond motifs is 1. The van der Waals surface area contributed by atoms with E-state index in [0.717, 1.165) is 10.0 Å². The molecule has 2 aromatic rings. The van der Waals surface area contributed by atoms with E-state index < -0.39 is 0 Å². The van der Waals surface area contributed by atoms with Gasteiger partial charge in [0.15, 0.2) is 17.3 Å². The second-order valence-electron chi connectivity index (χ2n) is 6.65. The zero-order chi connectivity index (χ0) is 17.2. The van der Waals surface area contributed by atoms with Crippen LogP contribution in [0.2, 0.25) is 0 Å². The van der Waals surface area contributed by atoms with Crippen LogP contribution in [0.4, 0.5) is 0 Å². The van der Waals surface area contributed by atoms with Gasteiger partial charge < -0.3 is 9.47 Å². The van der Waals surface area contributed by atoms with Crippen molar-refractivity contribution in [3.05, 3.63) is 64.1 Å². The fourth-order valence-corrected chi connectivity index (χ4v) is 2.59. The molecule has 3 rings (SSSR count). The highest BCUT2D eigenvalue weighted by Gasteiger charge is 2.25. The van der Waals surface area contributed by atoms with Crippen LogP contribution >= 0.6 is 15.9 Å². The fraction of sp³-hybridized carbons (Fsp3) is 0.250. The van der Waals surface area contributed by atoms with Gasteiger partial charge in [0.25, 0.3) is 0 Å². The quantitative estimate of drug-likeness (QED) is 0.540. The number of halogens is 1. The molecule has 0 unspecified atom stereocenters. The van der Waals surface area contributed by atoms with Gasteiger partial charge in [-0.05, 0) is 42.0 Å². The van der Waals surface area contributed by atoms with Gasteiger partial charge in [-0.15, -0.1) is 0 Å². The number of carbonyl (C=O) groups is 1. The molecular weight excluding hydrogens is 368 g/mol. The van der Waals surface area contributed by atoms with E-state index in [0.29, 0.717) is 30.3 Å². The van der Waals surface area contributed by atoms with Crippen molar-refractivity contribution in [3.8, 4) is 11.5 Å². The third kappa shape index (κ3) is 4.06. The van der Waals surface area contributed by atoms with Crippen LogP contribution in [-0.2, 0) is 0 Å². The Morgan fingerprint density at radius 3 is 2.42 bits per heavy atom. The van der Waals surface area contributed by atoms with Crippen molar-refractivity contribution in [1.82, 2.24) is 0 Å². The van der Waals surface area contributed by atoms with E-state index in [9.17, 15) is 4.79 Å². The molecule has 1 aliphatic heterocycles. The molecular formula is C20H19BrO3. The molecule has 124 valence electrons. The Bertz CT molecular complexity index is 776. The number of benzene rings is 2. The predicted molar refractivity (Wildman–Crippen MR) is 98.7 cm³/mol. The van der Waals surface area contributed by atoms with E-state index in [2.05, 4.69) is 29.8 Å². The van der Waals surface area contributed by atoms with E-state index in [4.69, 9.17) is 9.47 Å². The molecule has 0 spiro atoms. The summed E-state index contributed by atoms with van der Waals surface area (Å²) in [5.41, 5.74) is 1.51. The highest BCUT2D eigenvalue weighted by Crippen LogP contribution is 2.34. The lowest BCUT2D eigenvalue weighted by molar-refractivity contribution is 0.104. The van der Waals surface area contributed by atoms with Crippen LogP contribution in [0.15, 0.2) is 53.0 Å². The van der Waals surface area contributed by atoms with E-state index in [1.807, 2.05) is 24.3 Å². The number of carbonyl (C=O) groups excluding carboxylic acids is 1. The summed E-state index contributed by atoms with van der Waals surface area (Å²) in [6.07, 6.45) is 3.38. The van der Waals surface area contributed by atoms with Gasteiger partial charge in [0.05, 0.1) is 13.2 Å². The molecule has 2 aromatic carbocycles. The van der Waals surface area contributed by atoms with Gasteiger partial charge in [-0.25, -0.2) is 0 Å². The monoisotopic (exact) mass is 386 g/mol. The molecule has 4 heteroatoms. The van der Waals surface area contributed by atoms with Gasteiger partial charge in [0.2, 0.25) is 0 Å². The van der Waals surface area contributed by atoms with Gasteiger partial charge >= 0.3 is 0 Å². The maximum Gasteiger partial charge on any atom is 0.185 e. The molecule has 0 N–H and O–H groups in total. The lowest BCUT2D eigenvalue weighted by Gasteiger charge is -2.19. The van der Waals surface area contributed by atoms with Gasteiger partial charge in [0.1, 0.15) is 0 Å². The maximum atomic E-state index is 12.4. The smallest absolute Gasteiger partial charge is 0.185 e. The Kier molecular flexibility index (Phi) is 4.76. The summed E-state index contributed by atoms with van der Waals surface area (Å²) in [5.74, 6) is 1.25. The first-order valence-corrected chi connectivity index (χ1v) is 8.60. The van der Waals surface area contributed by atoms with Crippen LogP contribution in [0.25, 0.3) is 6.08 Å². The summed E-state index contributed by atoms with van der Waals surface area (Å²) in [7, 11) is 0. The third-order valence-electron chi connectivity index (χ3n) is 3.76. The summed E-state index contributed by atoms with van der Waals surface area (Å²) in [5, 5.41) is 0. The maximum absolute atomic E-state index is 12.4. The largest absolute Gasteiger partial charge is 0.489 e. The van der Waals surface area contributed by atoms with Crippen molar-refractivity contribution in [3.63, 3.8) is 0 Å². The lowest BCUT2D eigenvalue weighted by Crippen LogP contribution is -2.26. The normalized spacial score (nSPS) is 16.0. The average Bonchev–Trinajstić information content (AvgIpc) is 2.72. The highest BCUT2D eigenvalue weighted by molar-refractivity contribution is 9.10. The number of ether oxygens (including phenoxy) is 2. The fourth-order valence-electron chi connectivity index (χ4n) is 2.32. The van der Waals surface area contributed by atoms with Gasteiger partial charge in [-0.3, -0.25) is 4.79 Å². The summed E-state index contributed by atoms with van der Waals surface area (Å²) in [4.78, 5) is 12.4.